The Kier molecular flexibility index (Phi) is 5.51. The maximum atomic E-state index is 8.51. The van der Waals surface area contributed by atoms with Gasteiger partial charge in [-0.3, -0.25) is 0 Å². The molecule has 1 fully saturated rings. The fourth-order valence-corrected chi connectivity index (χ4v) is 2.18. The molecule has 1 unspecified atom stereocenters. The fraction of sp³-hybridized carbons (Fsp3) is 0.800. The SMILES string of the molecule is CSC(=NC#N)N(C)CC1CCCCO1. The Morgan fingerprint density at radius 2 is 2.47 bits per heavy atom. The average Bonchev–Trinajstić information content (AvgIpc) is 2.27. The van der Waals surface area contributed by atoms with Crippen molar-refractivity contribution in [3.05, 3.63) is 0 Å². The summed E-state index contributed by atoms with van der Waals surface area (Å²) >= 11 is 1.49. The van der Waals surface area contributed by atoms with Crippen LogP contribution in [0.3, 0.4) is 0 Å². The third kappa shape index (κ3) is 4.10. The predicted molar refractivity (Wildman–Crippen MR) is 62.8 cm³/mol. The molecule has 15 heavy (non-hydrogen) atoms. The lowest BCUT2D eigenvalue weighted by atomic mass is 10.1. The van der Waals surface area contributed by atoms with Crippen LogP contribution in [0.1, 0.15) is 19.3 Å². The van der Waals surface area contributed by atoms with Gasteiger partial charge < -0.3 is 9.64 Å². The molecule has 1 saturated heterocycles. The highest BCUT2D eigenvalue weighted by molar-refractivity contribution is 8.13. The fourth-order valence-electron chi connectivity index (χ4n) is 1.66. The Labute approximate surface area is 95.3 Å². The maximum absolute atomic E-state index is 8.51. The highest BCUT2D eigenvalue weighted by atomic mass is 32.2. The lowest BCUT2D eigenvalue weighted by Crippen LogP contribution is -2.35. The first-order valence-electron chi connectivity index (χ1n) is 5.11. The molecule has 84 valence electrons. The van der Waals surface area contributed by atoms with E-state index < -0.39 is 0 Å². The summed E-state index contributed by atoms with van der Waals surface area (Å²) in [6, 6.07) is 0. The van der Waals surface area contributed by atoms with Gasteiger partial charge >= 0.3 is 0 Å². The van der Waals surface area contributed by atoms with Crippen molar-refractivity contribution < 1.29 is 4.74 Å². The van der Waals surface area contributed by atoms with Crippen LogP contribution in [-0.4, -0.2) is 42.6 Å². The summed E-state index contributed by atoms with van der Waals surface area (Å²) in [6.07, 6.45) is 7.55. The molecule has 5 heteroatoms. The van der Waals surface area contributed by atoms with Gasteiger partial charge in [-0.15, -0.1) is 4.99 Å². The third-order valence-corrected chi connectivity index (χ3v) is 3.17. The number of thioether (sulfide) groups is 1. The van der Waals surface area contributed by atoms with Crippen molar-refractivity contribution in [3.63, 3.8) is 0 Å². The lowest BCUT2D eigenvalue weighted by Gasteiger charge is -2.28. The monoisotopic (exact) mass is 227 g/mol. The van der Waals surface area contributed by atoms with E-state index in [4.69, 9.17) is 10.00 Å². The van der Waals surface area contributed by atoms with Crippen LogP contribution in [0.25, 0.3) is 0 Å². The van der Waals surface area contributed by atoms with Crippen LogP contribution in [-0.2, 0) is 4.74 Å². The molecule has 1 aliphatic rings. The third-order valence-electron chi connectivity index (χ3n) is 2.41. The van der Waals surface area contributed by atoms with Gasteiger partial charge in [0.25, 0.3) is 0 Å². The number of likely N-dealkylation sites (N-methyl/N-ethyl adjacent to an activating group) is 1. The number of amidine groups is 1. The molecule has 0 radical (unpaired) electrons. The van der Waals surface area contributed by atoms with E-state index in [0.29, 0.717) is 6.10 Å². The molecule has 0 N–H and O–H groups in total. The van der Waals surface area contributed by atoms with E-state index in [2.05, 4.69) is 4.99 Å². The van der Waals surface area contributed by atoms with E-state index in [0.717, 1.165) is 24.7 Å². The second kappa shape index (κ2) is 6.70. The van der Waals surface area contributed by atoms with E-state index in [1.54, 1.807) is 0 Å². The zero-order chi connectivity index (χ0) is 11.1. The van der Waals surface area contributed by atoms with Gasteiger partial charge in [0.1, 0.15) is 0 Å². The van der Waals surface area contributed by atoms with E-state index in [1.807, 2.05) is 24.4 Å². The minimum absolute atomic E-state index is 0.291. The zero-order valence-electron chi connectivity index (χ0n) is 9.27. The smallest absolute Gasteiger partial charge is 0.208 e. The van der Waals surface area contributed by atoms with Gasteiger partial charge in [-0.25, -0.2) is 0 Å². The zero-order valence-corrected chi connectivity index (χ0v) is 10.1. The van der Waals surface area contributed by atoms with Gasteiger partial charge in [0, 0.05) is 20.2 Å². The van der Waals surface area contributed by atoms with Crippen LogP contribution in [0.4, 0.5) is 0 Å². The number of nitrogens with zero attached hydrogens (tertiary/aromatic N) is 3. The first-order valence-corrected chi connectivity index (χ1v) is 6.34. The number of rotatable bonds is 2. The Balaban J connectivity index is 2.42. The predicted octanol–water partition coefficient (Wildman–Crippen LogP) is 1.69. The summed E-state index contributed by atoms with van der Waals surface area (Å²) < 4.78 is 5.63. The molecule has 0 aromatic heterocycles. The van der Waals surface area contributed by atoms with Crippen molar-refractivity contribution in [2.45, 2.75) is 25.4 Å². The van der Waals surface area contributed by atoms with Crippen molar-refractivity contribution in [2.75, 3.05) is 26.5 Å². The van der Waals surface area contributed by atoms with Gasteiger partial charge in [-0.2, -0.15) is 5.26 Å². The van der Waals surface area contributed by atoms with Gasteiger partial charge in [-0.1, -0.05) is 11.8 Å². The molecule has 4 nitrogen and oxygen atoms in total. The quantitative estimate of drug-likeness (QED) is 0.409. The van der Waals surface area contributed by atoms with E-state index >= 15 is 0 Å². The van der Waals surface area contributed by atoms with Crippen molar-refractivity contribution in [3.8, 4) is 6.19 Å². The largest absolute Gasteiger partial charge is 0.376 e. The standard InChI is InChI=1S/C10H17N3OS/c1-13(10(15-2)12-8-11)7-9-5-3-4-6-14-9/h9H,3-7H2,1-2H3. The normalized spacial score (nSPS) is 22.2. The number of hydrogen-bond donors (Lipinski definition) is 0. The van der Waals surface area contributed by atoms with E-state index in [1.165, 1.54) is 24.6 Å². The Morgan fingerprint density at radius 3 is 3.00 bits per heavy atom. The Hall–Kier alpha value is -0.730. The van der Waals surface area contributed by atoms with Crippen molar-refractivity contribution in [1.82, 2.24) is 4.90 Å². The van der Waals surface area contributed by atoms with Crippen LogP contribution < -0.4 is 0 Å². The summed E-state index contributed by atoms with van der Waals surface area (Å²) in [5.41, 5.74) is 0. The number of nitriles is 1. The van der Waals surface area contributed by atoms with Gasteiger partial charge in [0.15, 0.2) is 5.17 Å². The molecule has 0 saturated carbocycles. The molecule has 1 rings (SSSR count). The summed E-state index contributed by atoms with van der Waals surface area (Å²) in [7, 11) is 1.95. The molecule has 0 bridgehead atoms. The molecule has 1 heterocycles. The van der Waals surface area contributed by atoms with Crippen molar-refractivity contribution in [1.29, 1.82) is 5.26 Å². The van der Waals surface area contributed by atoms with Gasteiger partial charge in [-0.05, 0) is 25.5 Å². The molecule has 1 aliphatic heterocycles. The molecule has 0 aromatic carbocycles. The summed E-state index contributed by atoms with van der Waals surface area (Å²) in [4.78, 5) is 5.75. The first kappa shape index (κ1) is 12.3. The Morgan fingerprint density at radius 1 is 1.67 bits per heavy atom. The molecule has 0 spiro atoms. The highest BCUT2D eigenvalue weighted by Crippen LogP contribution is 2.14. The van der Waals surface area contributed by atoms with E-state index in [-0.39, 0.29) is 0 Å². The van der Waals surface area contributed by atoms with Gasteiger partial charge in [0.05, 0.1) is 6.10 Å². The van der Waals surface area contributed by atoms with Crippen LogP contribution >= 0.6 is 11.8 Å². The number of ether oxygens (including phenoxy) is 1. The van der Waals surface area contributed by atoms with Crippen LogP contribution in [0.5, 0.6) is 0 Å². The topological polar surface area (TPSA) is 48.6 Å². The molecule has 0 aliphatic carbocycles. The highest BCUT2D eigenvalue weighted by Gasteiger charge is 2.17. The average molecular weight is 227 g/mol. The molecule has 1 atom stereocenters. The first-order chi connectivity index (χ1) is 7.27. The van der Waals surface area contributed by atoms with Crippen molar-refractivity contribution in [2.24, 2.45) is 4.99 Å². The molecular weight excluding hydrogens is 210 g/mol. The number of hydrogen-bond acceptors (Lipinski definition) is 4. The summed E-state index contributed by atoms with van der Waals surface area (Å²) in [5.74, 6) is 0. The Bertz CT molecular complexity index is 256. The van der Waals surface area contributed by atoms with Gasteiger partial charge in [0.2, 0.25) is 6.19 Å². The van der Waals surface area contributed by atoms with E-state index in [9.17, 15) is 0 Å². The summed E-state index contributed by atoms with van der Waals surface area (Å²) in [5, 5.41) is 9.27. The van der Waals surface area contributed by atoms with Crippen LogP contribution in [0.2, 0.25) is 0 Å². The maximum Gasteiger partial charge on any atom is 0.208 e. The molecular formula is C10H17N3OS. The molecule has 0 aromatic rings. The minimum atomic E-state index is 0.291. The summed E-state index contributed by atoms with van der Waals surface area (Å²) in [6.45, 7) is 1.68. The molecule has 0 amide bonds. The lowest BCUT2D eigenvalue weighted by molar-refractivity contribution is 0.00751. The van der Waals surface area contributed by atoms with Crippen LogP contribution in [0.15, 0.2) is 4.99 Å². The number of aliphatic imine (C=N–C) groups is 1. The minimum Gasteiger partial charge on any atom is -0.376 e. The second-order valence-corrected chi connectivity index (χ2v) is 4.34. The second-order valence-electron chi connectivity index (χ2n) is 3.57. The van der Waals surface area contributed by atoms with Crippen molar-refractivity contribution >= 4 is 16.9 Å². The van der Waals surface area contributed by atoms with Crippen LogP contribution in [0, 0.1) is 11.5 Å².